The van der Waals surface area contributed by atoms with Crippen LogP contribution in [-0.4, -0.2) is 7.28 Å². The molecule has 286 valence electrons. The van der Waals surface area contributed by atoms with Crippen LogP contribution in [0.25, 0.3) is 66.4 Å². The van der Waals surface area contributed by atoms with Crippen molar-refractivity contribution in [1.29, 1.82) is 0 Å². The summed E-state index contributed by atoms with van der Waals surface area (Å²) in [5, 5.41) is 6.31. The Kier molecular flexibility index (Phi) is 9.33. The Morgan fingerprint density at radius 2 is 0.803 bits per heavy atom. The lowest BCUT2D eigenvalue weighted by Gasteiger charge is -2.36. The minimum atomic E-state index is 0.784. The number of anilines is 5. The maximum absolute atomic E-state index is 3.91. The minimum absolute atomic E-state index is 0.784. The average Bonchev–Trinajstić information content (AvgIpc) is 3.34. The van der Waals surface area contributed by atoms with Gasteiger partial charge in [-0.05, 0) is 121 Å². The monoisotopic (exact) mass is 776 g/mol. The first-order valence-corrected chi connectivity index (χ1v) is 21.0. The predicted octanol–water partition coefficient (Wildman–Crippen LogP) is 14.1. The minimum Gasteiger partial charge on any atom is -0.355 e. The van der Waals surface area contributed by atoms with Crippen LogP contribution < -0.4 is 21.1 Å². The van der Waals surface area contributed by atoms with Crippen LogP contribution in [0.2, 0.25) is 0 Å². The van der Waals surface area contributed by atoms with Crippen molar-refractivity contribution in [1.82, 2.24) is 0 Å². The van der Waals surface area contributed by atoms with E-state index in [9.17, 15) is 0 Å². The zero-order valence-electron chi connectivity index (χ0n) is 33.7. The van der Waals surface area contributed by atoms with E-state index in [0.29, 0.717) is 0 Å². The van der Waals surface area contributed by atoms with Gasteiger partial charge in [0.1, 0.15) is 0 Å². The van der Waals surface area contributed by atoms with Gasteiger partial charge in [0.15, 0.2) is 7.28 Å². The van der Waals surface area contributed by atoms with Crippen LogP contribution in [-0.2, 0) is 0 Å². The molecule has 1 aliphatic rings. The number of nitrogens with zero attached hydrogens (tertiary/aromatic N) is 1. The Hall–Kier alpha value is -7.88. The molecule has 0 saturated carbocycles. The average molecular weight is 777 g/mol. The number of hydrogen-bond donors (Lipinski definition) is 1. The third-order valence-electron chi connectivity index (χ3n) is 12.0. The van der Waals surface area contributed by atoms with Gasteiger partial charge in [-0.2, -0.15) is 0 Å². The van der Waals surface area contributed by atoms with E-state index in [1.807, 2.05) is 0 Å². The third-order valence-corrected chi connectivity index (χ3v) is 12.0. The van der Waals surface area contributed by atoms with Crippen LogP contribution in [0.5, 0.6) is 0 Å². The first-order valence-electron chi connectivity index (χ1n) is 21.0. The second kappa shape index (κ2) is 15.7. The van der Waals surface area contributed by atoms with Crippen molar-refractivity contribution in [2.45, 2.75) is 0 Å². The standard InChI is InChI=1S/C58H41BN2/c1-5-15-40(16-6-1)44-25-30-50(31-26-44)60-55-38-47-24-14-13-23-46(47)35-52(55)53-36-49(43-21-11-4-12-22-43)39-57-58(53)59-54-37-48(42-19-9-3-10-20-42)29-34-56(54)61(57)51-32-27-45(28-33-51)41-17-7-2-8-18-41/h1-39,59-60H. The van der Waals surface area contributed by atoms with Gasteiger partial charge in [0, 0.05) is 34.0 Å². The molecule has 0 bridgehead atoms. The fraction of sp³-hybridized carbons (Fsp3) is 0. The second-order valence-corrected chi connectivity index (χ2v) is 15.8. The number of benzene rings is 10. The van der Waals surface area contributed by atoms with E-state index in [1.165, 1.54) is 88.7 Å². The van der Waals surface area contributed by atoms with Gasteiger partial charge >= 0.3 is 0 Å². The molecule has 0 saturated heterocycles. The maximum atomic E-state index is 3.91. The maximum Gasteiger partial charge on any atom is 0.198 e. The topological polar surface area (TPSA) is 15.3 Å². The highest BCUT2D eigenvalue weighted by Crippen LogP contribution is 2.43. The smallest absolute Gasteiger partial charge is 0.198 e. The summed E-state index contributed by atoms with van der Waals surface area (Å²) in [6, 6.07) is 85.9. The number of fused-ring (bicyclic) bond motifs is 3. The molecular formula is C58H41BN2. The van der Waals surface area contributed by atoms with Crippen LogP contribution in [0, 0.1) is 0 Å². The molecule has 61 heavy (non-hydrogen) atoms. The predicted molar refractivity (Wildman–Crippen MR) is 262 cm³/mol. The van der Waals surface area contributed by atoms with E-state index in [-0.39, 0.29) is 0 Å². The first kappa shape index (κ1) is 36.2. The molecule has 0 aliphatic carbocycles. The largest absolute Gasteiger partial charge is 0.355 e. The van der Waals surface area contributed by atoms with Crippen molar-refractivity contribution in [2.75, 3.05) is 10.2 Å². The highest BCUT2D eigenvalue weighted by Gasteiger charge is 2.29. The summed E-state index contributed by atoms with van der Waals surface area (Å²) in [7, 11) is 0.784. The lowest BCUT2D eigenvalue weighted by atomic mass is 9.57. The third kappa shape index (κ3) is 7.07. The normalized spacial score (nSPS) is 11.7. The SMILES string of the molecule is B1c2cc(-c3ccccc3)ccc2N(c2ccc(-c3ccccc3)cc2)c2cc(-c3ccccc3)cc(-c3cc4ccccc4cc3Nc3ccc(-c4ccccc4)cc3)c21. The second-order valence-electron chi connectivity index (χ2n) is 15.8. The Labute approximate surface area is 358 Å². The van der Waals surface area contributed by atoms with Crippen molar-refractivity contribution in [3.05, 3.63) is 237 Å². The van der Waals surface area contributed by atoms with Crippen LogP contribution in [0.4, 0.5) is 28.4 Å². The van der Waals surface area contributed by atoms with E-state index in [0.717, 1.165) is 24.3 Å². The van der Waals surface area contributed by atoms with Crippen LogP contribution in [0.15, 0.2) is 237 Å². The molecule has 10 aromatic rings. The van der Waals surface area contributed by atoms with E-state index in [1.54, 1.807) is 0 Å². The van der Waals surface area contributed by atoms with Gasteiger partial charge in [-0.15, -0.1) is 0 Å². The van der Waals surface area contributed by atoms with E-state index < -0.39 is 0 Å². The van der Waals surface area contributed by atoms with Crippen LogP contribution >= 0.6 is 0 Å². The fourth-order valence-corrected chi connectivity index (χ4v) is 8.97. The quantitative estimate of drug-likeness (QED) is 0.155. The van der Waals surface area contributed by atoms with Crippen LogP contribution in [0.3, 0.4) is 0 Å². The molecule has 1 heterocycles. The van der Waals surface area contributed by atoms with E-state index in [4.69, 9.17) is 0 Å². The molecule has 0 radical (unpaired) electrons. The molecule has 0 fully saturated rings. The molecule has 0 unspecified atom stereocenters. The Morgan fingerprint density at radius 3 is 1.39 bits per heavy atom. The van der Waals surface area contributed by atoms with E-state index in [2.05, 4.69) is 247 Å². The van der Waals surface area contributed by atoms with Crippen molar-refractivity contribution < 1.29 is 0 Å². The van der Waals surface area contributed by atoms with Crippen LogP contribution in [0.1, 0.15) is 0 Å². The molecule has 2 nitrogen and oxygen atoms in total. The zero-order chi connectivity index (χ0) is 40.5. The first-order chi connectivity index (χ1) is 30.2. The number of hydrogen-bond acceptors (Lipinski definition) is 2. The summed E-state index contributed by atoms with van der Waals surface area (Å²) in [5.74, 6) is 0. The van der Waals surface area contributed by atoms with Crippen molar-refractivity contribution in [2.24, 2.45) is 0 Å². The summed E-state index contributed by atoms with van der Waals surface area (Å²) in [6.45, 7) is 0. The molecule has 0 atom stereocenters. The van der Waals surface area contributed by atoms with Gasteiger partial charge in [0.05, 0.1) is 0 Å². The molecule has 1 aliphatic heterocycles. The van der Waals surface area contributed by atoms with Gasteiger partial charge in [-0.3, -0.25) is 0 Å². The number of nitrogens with one attached hydrogen (secondary N) is 1. The van der Waals surface area contributed by atoms with Gasteiger partial charge in [-0.25, -0.2) is 0 Å². The molecule has 0 aromatic heterocycles. The Bertz CT molecular complexity index is 3150. The molecule has 10 aromatic carbocycles. The molecule has 3 heteroatoms. The molecule has 1 N–H and O–H groups in total. The van der Waals surface area contributed by atoms with Gasteiger partial charge < -0.3 is 10.2 Å². The van der Waals surface area contributed by atoms with Crippen molar-refractivity contribution in [3.8, 4) is 55.6 Å². The van der Waals surface area contributed by atoms with Gasteiger partial charge in [0.25, 0.3) is 0 Å². The number of rotatable bonds is 8. The van der Waals surface area contributed by atoms with Crippen molar-refractivity contribution >= 4 is 57.4 Å². The highest BCUT2D eigenvalue weighted by atomic mass is 15.1. The van der Waals surface area contributed by atoms with Crippen molar-refractivity contribution in [3.63, 3.8) is 0 Å². The molecular weight excluding hydrogens is 735 g/mol. The Balaban J connectivity index is 1.13. The lowest BCUT2D eigenvalue weighted by molar-refractivity contribution is 1.30. The highest BCUT2D eigenvalue weighted by molar-refractivity contribution is 6.73. The Morgan fingerprint density at radius 1 is 0.328 bits per heavy atom. The summed E-state index contributed by atoms with van der Waals surface area (Å²) in [5.41, 5.74) is 20.2. The molecule has 0 amide bonds. The summed E-state index contributed by atoms with van der Waals surface area (Å²) in [4.78, 5) is 2.49. The lowest BCUT2D eigenvalue weighted by Crippen LogP contribution is -2.41. The fourth-order valence-electron chi connectivity index (χ4n) is 8.97. The molecule has 11 rings (SSSR count). The summed E-state index contributed by atoms with van der Waals surface area (Å²) >= 11 is 0. The summed E-state index contributed by atoms with van der Waals surface area (Å²) < 4.78 is 0. The van der Waals surface area contributed by atoms with Gasteiger partial charge in [-0.1, -0.05) is 187 Å². The van der Waals surface area contributed by atoms with E-state index >= 15 is 0 Å². The zero-order valence-corrected chi connectivity index (χ0v) is 33.7. The summed E-state index contributed by atoms with van der Waals surface area (Å²) in [6.07, 6.45) is 0. The van der Waals surface area contributed by atoms with Gasteiger partial charge in [0.2, 0.25) is 0 Å². The molecule has 0 spiro atoms.